The van der Waals surface area contributed by atoms with Gasteiger partial charge in [0.05, 0.1) is 6.04 Å². The molecule has 0 fully saturated rings. The van der Waals surface area contributed by atoms with Crippen molar-refractivity contribution in [3.05, 3.63) is 41.7 Å². The molecule has 3 N–H and O–H groups in total. The quantitative estimate of drug-likeness (QED) is 0.442. The highest BCUT2D eigenvalue weighted by Crippen LogP contribution is 2.35. The van der Waals surface area contributed by atoms with Gasteiger partial charge in [0.2, 0.25) is 0 Å². The van der Waals surface area contributed by atoms with Crippen LogP contribution in [0.5, 0.6) is 5.75 Å². The lowest BCUT2D eigenvalue weighted by molar-refractivity contribution is -0.274. The lowest BCUT2D eigenvalue weighted by atomic mass is 10.1. The number of aromatic nitrogens is 1. The molecule has 1 aromatic carbocycles. The van der Waals surface area contributed by atoms with Gasteiger partial charge in [-0.25, -0.2) is 4.79 Å². The maximum absolute atomic E-state index is 12.7. The number of ether oxygens (including phenoxy) is 1. The molecule has 7 nitrogen and oxygen atoms in total. The summed E-state index contributed by atoms with van der Waals surface area (Å²) in [5.74, 6) is 2.47. The molecule has 11 heteroatoms. The highest BCUT2D eigenvalue weighted by Gasteiger charge is 2.32. The number of fused-ring (bicyclic) bond motifs is 1. The number of hydrogen-bond donors (Lipinski definition) is 3. The summed E-state index contributed by atoms with van der Waals surface area (Å²) in [6, 6.07) is 6.85. The fourth-order valence-electron chi connectivity index (χ4n) is 3.50. The number of carbonyl (C=O) groups is 2. The van der Waals surface area contributed by atoms with Gasteiger partial charge in [-0.15, -0.1) is 18.7 Å². The molecule has 0 saturated heterocycles. The van der Waals surface area contributed by atoms with Gasteiger partial charge in [0.15, 0.2) is 0 Å². The summed E-state index contributed by atoms with van der Waals surface area (Å²) >= 11 is 0. The van der Waals surface area contributed by atoms with Crippen molar-refractivity contribution in [1.82, 2.24) is 15.2 Å². The maximum atomic E-state index is 12.7. The van der Waals surface area contributed by atoms with Crippen molar-refractivity contribution in [3.8, 4) is 28.3 Å². The smallest absolute Gasteiger partial charge is 0.465 e. The number of nitrogens with zero attached hydrogens (tertiary/aromatic N) is 1. The van der Waals surface area contributed by atoms with Crippen LogP contribution >= 0.6 is 0 Å². The molecular formula is C22H24F3N3O4Si. The van der Waals surface area contributed by atoms with Gasteiger partial charge >= 0.3 is 12.5 Å². The van der Waals surface area contributed by atoms with Crippen LogP contribution in [-0.4, -0.2) is 49.2 Å². The van der Waals surface area contributed by atoms with Gasteiger partial charge in [-0.1, -0.05) is 37.7 Å². The Morgan fingerprint density at radius 3 is 2.70 bits per heavy atom. The molecule has 1 atom stereocenters. The highest BCUT2D eigenvalue weighted by atomic mass is 28.3. The third kappa shape index (κ3) is 6.32. The average Bonchev–Trinajstić information content (AvgIpc) is 3.07. The average molecular weight is 480 g/mol. The maximum Gasteiger partial charge on any atom is 0.573 e. The van der Waals surface area contributed by atoms with Crippen LogP contribution < -0.4 is 15.4 Å². The van der Waals surface area contributed by atoms with Crippen molar-refractivity contribution in [2.24, 2.45) is 0 Å². The lowest BCUT2D eigenvalue weighted by Gasteiger charge is -2.27. The van der Waals surface area contributed by atoms with E-state index >= 15 is 0 Å². The van der Waals surface area contributed by atoms with Gasteiger partial charge in [-0.2, -0.15) is 0 Å². The molecule has 1 aliphatic rings. The van der Waals surface area contributed by atoms with Crippen LogP contribution in [0, 0.1) is 11.5 Å². The first-order chi connectivity index (χ1) is 15.3. The standard InChI is InChI=1S/C22H24F3N3O4Si/c1-33(2,3)10-8-18-17(14-5-4-6-16(11-14)32-22(23,24)25)12-19-20(29)27-13-15(28(18)19)7-9-26-21(30)31/h4-6,11-12,15,26H,7,9,13H2,1-3H3,(H,27,29)(H,30,31). The second-order valence-corrected chi connectivity index (χ2v) is 13.4. The van der Waals surface area contributed by atoms with Gasteiger partial charge in [0.25, 0.3) is 5.91 Å². The van der Waals surface area contributed by atoms with Crippen LogP contribution in [0.2, 0.25) is 19.6 Å². The largest absolute Gasteiger partial charge is 0.573 e. The summed E-state index contributed by atoms with van der Waals surface area (Å²) in [5, 5.41) is 14.0. The molecule has 2 heterocycles. The van der Waals surface area contributed by atoms with Gasteiger partial charge in [-0.3, -0.25) is 4.79 Å². The van der Waals surface area contributed by atoms with Crippen LogP contribution in [0.25, 0.3) is 11.1 Å². The Morgan fingerprint density at radius 1 is 1.33 bits per heavy atom. The molecule has 1 unspecified atom stereocenters. The van der Waals surface area contributed by atoms with Crippen molar-refractivity contribution in [2.45, 2.75) is 38.5 Å². The normalized spacial score (nSPS) is 15.7. The Kier molecular flexibility index (Phi) is 6.78. The number of alkyl halides is 3. The molecule has 0 aliphatic carbocycles. The van der Waals surface area contributed by atoms with E-state index in [1.165, 1.54) is 18.2 Å². The van der Waals surface area contributed by atoms with Crippen molar-refractivity contribution in [2.75, 3.05) is 13.1 Å². The molecule has 1 aliphatic heterocycles. The Hall–Kier alpha value is -3.39. The van der Waals surface area contributed by atoms with Gasteiger partial charge < -0.3 is 25.0 Å². The Balaban J connectivity index is 2.13. The zero-order valence-electron chi connectivity index (χ0n) is 18.3. The molecule has 0 spiro atoms. The minimum absolute atomic E-state index is 0.165. The minimum atomic E-state index is -4.83. The van der Waals surface area contributed by atoms with Crippen LogP contribution in [-0.2, 0) is 0 Å². The summed E-state index contributed by atoms with van der Waals surface area (Å²) in [6.45, 7) is 6.61. The van der Waals surface area contributed by atoms with E-state index in [2.05, 4.69) is 46.5 Å². The molecule has 1 aromatic heterocycles. The van der Waals surface area contributed by atoms with E-state index in [-0.39, 0.29) is 30.8 Å². The van der Waals surface area contributed by atoms with Gasteiger partial charge in [-0.05, 0) is 30.2 Å². The second kappa shape index (κ2) is 9.23. The summed E-state index contributed by atoms with van der Waals surface area (Å²) in [5.41, 5.74) is 5.02. The zero-order valence-corrected chi connectivity index (χ0v) is 19.3. The fourth-order valence-corrected chi connectivity index (χ4v) is 4.00. The van der Waals surface area contributed by atoms with E-state index in [0.29, 0.717) is 28.9 Å². The summed E-state index contributed by atoms with van der Waals surface area (Å²) < 4.78 is 44.0. The fraction of sp³-hybridized carbons (Fsp3) is 0.364. The molecule has 0 radical (unpaired) electrons. The summed E-state index contributed by atoms with van der Waals surface area (Å²) in [4.78, 5) is 23.5. The van der Waals surface area contributed by atoms with E-state index in [1.807, 2.05) is 0 Å². The summed E-state index contributed by atoms with van der Waals surface area (Å²) in [7, 11) is -1.84. The van der Waals surface area contributed by atoms with E-state index < -0.39 is 20.5 Å². The SMILES string of the molecule is C[Si](C)(C)C#Cc1c(-c2cccc(OC(F)(F)F)c2)cc2n1C(CCNC(=O)O)CNC2=O. The first-order valence-corrected chi connectivity index (χ1v) is 13.7. The molecule has 33 heavy (non-hydrogen) atoms. The first-order valence-electron chi connectivity index (χ1n) is 10.2. The third-order valence-corrected chi connectivity index (χ3v) is 5.70. The second-order valence-electron chi connectivity index (χ2n) is 8.62. The van der Waals surface area contributed by atoms with E-state index in [0.717, 1.165) is 0 Å². The molecular weight excluding hydrogens is 455 g/mol. The Labute approximate surface area is 189 Å². The number of carboxylic acid groups (broad SMARTS) is 1. The van der Waals surface area contributed by atoms with Crippen LogP contribution in [0.3, 0.4) is 0 Å². The third-order valence-electron chi connectivity index (χ3n) is 4.82. The molecule has 0 saturated carbocycles. The number of rotatable bonds is 5. The number of nitrogens with one attached hydrogen (secondary N) is 2. The number of benzene rings is 1. The lowest BCUT2D eigenvalue weighted by Crippen LogP contribution is -2.40. The van der Waals surface area contributed by atoms with Crippen LogP contribution in [0.4, 0.5) is 18.0 Å². The minimum Gasteiger partial charge on any atom is -0.465 e. The Morgan fingerprint density at radius 2 is 2.06 bits per heavy atom. The topological polar surface area (TPSA) is 92.6 Å². The predicted molar refractivity (Wildman–Crippen MR) is 119 cm³/mol. The Bertz CT molecular complexity index is 1130. The monoisotopic (exact) mass is 479 g/mol. The van der Waals surface area contributed by atoms with E-state index in [1.54, 1.807) is 16.7 Å². The van der Waals surface area contributed by atoms with Crippen molar-refractivity contribution in [3.63, 3.8) is 0 Å². The molecule has 0 bridgehead atoms. The van der Waals surface area contributed by atoms with Crippen molar-refractivity contribution >= 4 is 20.1 Å². The van der Waals surface area contributed by atoms with Crippen LogP contribution in [0.1, 0.15) is 28.6 Å². The predicted octanol–water partition coefficient (Wildman–Crippen LogP) is 4.22. The van der Waals surface area contributed by atoms with Crippen LogP contribution in [0.15, 0.2) is 30.3 Å². The van der Waals surface area contributed by atoms with Gasteiger partial charge in [0.1, 0.15) is 25.2 Å². The highest BCUT2D eigenvalue weighted by molar-refractivity contribution is 6.83. The number of hydrogen-bond acceptors (Lipinski definition) is 3. The molecule has 2 aromatic rings. The first kappa shape index (κ1) is 24.3. The number of amides is 2. The van der Waals surface area contributed by atoms with Crippen molar-refractivity contribution in [1.29, 1.82) is 0 Å². The van der Waals surface area contributed by atoms with E-state index in [9.17, 15) is 22.8 Å². The van der Waals surface area contributed by atoms with Crippen molar-refractivity contribution < 1.29 is 32.6 Å². The zero-order chi connectivity index (χ0) is 24.4. The summed E-state index contributed by atoms with van der Waals surface area (Å²) in [6.07, 6.45) is -5.59. The van der Waals surface area contributed by atoms with E-state index in [4.69, 9.17) is 5.11 Å². The molecule has 176 valence electrons. The molecule has 3 rings (SSSR count). The molecule has 2 amide bonds. The van der Waals surface area contributed by atoms with Gasteiger partial charge in [0, 0.05) is 18.7 Å². The number of halogens is 3. The number of carbonyl (C=O) groups excluding carboxylic acids is 1.